The molecular weight excluding hydrogens is 234 g/mol. The van der Waals surface area contributed by atoms with E-state index in [0.717, 1.165) is 25.3 Å². The van der Waals surface area contributed by atoms with Crippen molar-refractivity contribution in [3.05, 3.63) is 29.8 Å². The first-order valence-corrected chi connectivity index (χ1v) is 7.60. The number of hydrogen-bond donors (Lipinski definition) is 1. The molecule has 19 heavy (non-hydrogen) atoms. The van der Waals surface area contributed by atoms with Crippen LogP contribution in [0.15, 0.2) is 24.3 Å². The summed E-state index contributed by atoms with van der Waals surface area (Å²) in [6.45, 7) is 10.6. The van der Waals surface area contributed by atoms with Crippen LogP contribution in [0.5, 0.6) is 5.75 Å². The Morgan fingerprint density at radius 2 is 1.68 bits per heavy atom. The number of nitrogens with one attached hydrogen (secondary N) is 1. The molecular formula is C17H29NO. The van der Waals surface area contributed by atoms with Gasteiger partial charge in [0.15, 0.2) is 0 Å². The van der Waals surface area contributed by atoms with Gasteiger partial charge in [-0.2, -0.15) is 0 Å². The molecule has 0 spiro atoms. The Hall–Kier alpha value is -1.02. The van der Waals surface area contributed by atoms with Gasteiger partial charge in [0, 0.05) is 12.6 Å². The van der Waals surface area contributed by atoms with Crippen molar-refractivity contribution < 1.29 is 4.74 Å². The molecule has 0 unspecified atom stereocenters. The average Bonchev–Trinajstić information content (AvgIpc) is 2.41. The fourth-order valence-electron chi connectivity index (χ4n) is 1.96. The van der Waals surface area contributed by atoms with Gasteiger partial charge in [0.1, 0.15) is 5.75 Å². The molecule has 0 aliphatic heterocycles. The fraction of sp³-hybridized carbons (Fsp3) is 0.647. The van der Waals surface area contributed by atoms with E-state index in [-0.39, 0.29) is 0 Å². The summed E-state index contributed by atoms with van der Waals surface area (Å²) in [7, 11) is 0. The summed E-state index contributed by atoms with van der Waals surface area (Å²) < 4.78 is 5.72. The molecule has 0 atom stereocenters. The van der Waals surface area contributed by atoms with Gasteiger partial charge in [-0.25, -0.2) is 0 Å². The standard InChI is InChI=1S/C17H29NO/c1-5-16(6-2)18-13-15-7-9-17(10-8-15)19-12-11-14(3)4/h7-10,14,16,18H,5-6,11-13H2,1-4H3. The molecule has 0 saturated carbocycles. The van der Waals surface area contributed by atoms with Crippen molar-refractivity contribution in [2.24, 2.45) is 5.92 Å². The van der Waals surface area contributed by atoms with E-state index in [2.05, 4.69) is 57.3 Å². The summed E-state index contributed by atoms with van der Waals surface area (Å²) in [6.07, 6.45) is 3.48. The third-order valence-electron chi connectivity index (χ3n) is 3.47. The van der Waals surface area contributed by atoms with Gasteiger partial charge in [-0.3, -0.25) is 0 Å². The highest BCUT2D eigenvalue weighted by Gasteiger charge is 2.02. The molecule has 108 valence electrons. The van der Waals surface area contributed by atoms with E-state index in [1.54, 1.807) is 0 Å². The van der Waals surface area contributed by atoms with Crippen LogP contribution in [0, 0.1) is 5.92 Å². The van der Waals surface area contributed by atoms with E-state index in [4.69, 9.17) is 4.74 Å². The maximum atomic E-state index is 5.72. The number of hydrogen-bond acceptors (Lipinski definition) is 2. The summed E-state index contributed by atoms with van der Waals surface area (Å²) in [4.78, 5) is 0. The molecule has 0 aromatic heterocycles. The number of benzene rings is 1. The van der Waals surface area contributed by atoms with Crippen LogP contribution in [0.3, 0.4) is 0 Å². The Morgan fingerprint density at radius 3 is 2.21 bits per heavy atom. The van der Waals surface area contributed by atoms with E-state index in [9.17, 15) is 0 Å². The minimum absolute atomic E-state index is 0.627. The van der Waals surface area contributed by atoms with E-state index in [1.807, 2.05) is 0 Å². The van der Waals surface area contributed by atoms with Crippen LogP contribution in [0.1, 0.15) is 52.5 Å². The minimum atomic E-state index is 0.627. The average molecular weight is 263 g/mol. The topological polar surface area (TPSA) is 21.3 Å². The lowest BCUT2D eigenvalue weighted by molar-refractivity contribution is 0.289. The van der Waals surface area contributed by atoms with Crippen LogP contribution >= 0.6 is 0 Å². The van der Waals surface area contributed by atoms with Gasteiger partial charge in [-0.1, -0.05) is 39.8 Å². The lowest BCUT2D eigenvalue weighted by atomic mass is 10.1. The maximum absolute atomic E-state index is 5.72. The highest BCUT2D eigenvalue weighted by Crippen LogP contribution is 2.13. The van der Waals surface area contributed by atoms with Crippen molar-refractivity contribution in [3.63, 3.8) is 0 Å². The van der Waals surface area contributed by atoms with E-state index in [0.29, 0.717) is 12.0 Å². The summed E-state index contributed by atoms with van der Waals surface area (Å²) in [5.41, 5.74) is 1.32. The zero-order valence-corrected chi connectivity index (χ0v) is 12.9. The largest absolute Gasteiger partial charge is 0.494 e. The molecule has 0 fully saturated rings. The summed E-state index contributed by atoms with van der Waals surface area (Å²) in [6, 6.07) is 9.08. The lowest BCUT2D eigenvalue weighted by Gasteiger charge is -2.15. The van der Waals surface area contributed by atoms with Gasteiger partial charge in [0.25, 0.3) is 0 Å². The molecule has 2 nitrogen and oxygen atoms in total. The number of ether oxygens (including phenoxy) is 1. The highest BCUT2D eigenvalue weighted by molar-refractivity contribution is 5.27. The van der Waals surface area contributed by atoms with Crippen LogP contribution in [0.25, 0.3) is 0 Å². The summed E-state index contributed by atoms with van der Waals surface area (Å²) in [5, 5.41) is 3.57. The SMILES string of the molecule is CCC(CC)NCc1ccc(OCCC(C)C)cc1. The molecule has 1 aromatic rings. The third kappa shape index (κ3) is 6.63. The second-order valence-corrected chi connectivity index (χ2v) is 5.57. The Bertz CT molecular complexity index is 328. The van der Waals surface area contributed by atoms with Crippen molar-refractivity contribution in [2.75, 3.05) is 6.61 Å². The van der Waals surface area contributed by atoms with Gasteiger partial charge >= 0.3 is 0 Å². The third-order valence-corrected chi connectivity index (χ3v) is 3.47. The molecule has 1 rings (SSSR count). The van der Waals surface area contributed by atoms with Crippen molar-refractivity contribution in [2.45, 2.75) is 59.5 Å². The predicted molar refractivity (Wildman–Crippen MR) is 82.6 cm³/mol. The van der Waals surface area contributed by atoms with Crippen molar-refractivity contribution in [1.82, 2.24) is 5.32 Å². The number of rotatable bonds is 9. The first-order valence-electron chi connectivity index (χ1n) is 7.60. The highest BCUT2D eigenvalue weighted by atomic mass is 16.5. The van der Waals surface area contributed by atoms with Crippen molar-refractivity contribution >= 4 is 0 Å². The molecule has 0 heterocycles. The first kappa shape index (κ1) is 16.0. The first-order chi connectivity index (χ1) is 9.15. The molecule has 0 bridgehead atoms. The molecule has 1 aromatic carbocycles. The van der Waals surface area contributed by atoms with Crippen LogP contribution < -0.4 is 10.1 Å². The Labute approximate surface area is 118 Å². The summed E-state index contributed by atoms with van der Waals surface area (Å²) >= 11 is 0. The monoisotopic (exact) mass is 263 g/mol. The zero-order chi connectivity index (χ0) is 14.1. The lowest BCUT2D eigenvalue weighted by Crippen LogP contribution is -2.26. The maximum Gasteiger partial charge on any atom is 0.119 e. The van der Waals surface area contributed by atoms with Gasteiger partial charge in [-0.15, -0.1) is 0 Å². The van der Waals surface area contributed by atoms with Gasteiger partial charge in [0.05, 0.1) is 6.61 Å². The molecule has 0 aliphatic rings. The zero-order valence-electron chi connectivity index (χ0n) is 12.9. The molecule has 0 radical (unpaired) electrons. The van der Waals surface area contributed by atoms with Gasteiger partial charge in [-0.05, 0) is 42.9 Å². The van der Waals surface area contributed by atoms with Crippen molar-refractivity contribution in [1.29, 1.82) is 0 Å². The van der Waals surface area contributed by atoms with Crippen LogP contribution in [0.2, 0.25) is 0 Å². The van der Waals surface area contributed by atoms with Crippen LogP contribution in [-0.4, -0.2) is 12.6 Å². The second kappa shape index (κ2) is 8.98. The molecule has 0 saturated heterocycles. The Morgan fingerprint density at radius 1 is 1.05 bits per heavy atom. The molecule has 0 amide bonds. The molecule has 1 N–H and O–H groups in total. The predicted octanol–water partition coefficient (Wildman–Crippen LogP) is 4.39. The fourth-order valence-corrected chi connectivity index (χ4v) is 1.96. The quantitative estimate of drug-likeness (QED) is 0.713. The van der Waals surface area contributed by atoms with E-state index < -0.39 is 0 Å². The van der Waals surface area contributed by atoms with Gasteiger partial charge in [0.2, 0.25) is 0 Å². The van der Waals surface area contributed by atoms with E-state index in [1.165, 1.54) is 18.4 Å². The van der Waals surface area contributed by atoms with Crippen LogP contribution in [0.4, 0.5) is 0 Å². The normalized spacial score (nSPS) is 11.3. The Balaban J connectivity index is 2.34. The van der Waals surface area contributed by atoms with Crippen LogP contribution in [-0.2, 0) is 6.54 Å². The molecule has 2 heteroatoms. The second-order valence-electron chi connectivity index (χ2n) is 5.57. The molecule has 0 aliphatic carbocycles. The van der Waals surface area contributed by atoms with Crippen molar-refractivity contribution in [3.8, 4) is 5.75 Å². The van der Waals surface area contributed by atoms with Gasteiger partial charge < -0.3 is 10.1 Å². The smallest absolute Gasteiger partial charge is 0.119 e. The van der Waals surface area contributed by atoms with E-state index >= 15 is 0 Å². The minimum Gasteiger partial charge on any atom is -0.494 e. The Kier molecular flexibility index (Phi) is 7.57. The summed E-state index contributed by atoms with van der Waals surface area (Å²) in [5.74, 6) is 1.68.